The van der Waals surface area contributed by atoms with Gasteiger partial charge in [0.25, 0.3) is 5.91 Å². The van der Waals surface area contributed by atoms with Crippen molar-refractivity contribution in [2.24, 2.45) is 0 Å². The maximum absolute atomic E-state index is 12.7. The van der Waals surface area contributed by atoms with E-state index < -0.39 is 0 Å². The normalized spacial score (nSPS) is 16.8. The number of unbranched alkanes of at least 4 members (excludes halogenated alkanes) is 1. The van der Waals surface area contributed by atoms with Gasteiger partial charge in [-0.15, -0.1) is 0 Å². The monoisotopic (exact) mass is 407 g/mol. The Morgan fingerprint density at radius 2 is 1.67 bits per heavy atom. The van der Waals surface area contributed by atoms with E-state index in [-0.39, 0.29) is 5.91 Å². The molecule has 2 aliphatic heterocycles. The van der Waals surface area contributed by atoms with E-state index in [2.05, 4.69) is 21.9 Å². The number of carbonyl (C=O) groups excluding carboxylic acids is 1. The Balaban J connectivity index is 1.21. The number of anilines is 1. The molecule has 0 saturated carbocycles. The van der Waals surface area contributed by atoms with Crippen LogP contribution >= 0.6 is 0 Å². The molecule has 2 aromatic rings. The van der Waals surface area contributed by atoms with Gasteiger partial charge in [-0.05, 0) is 43.7 Å². The number of piperazine rings is 1. The fourth-order valence-electron chi connectivity index (χ4n) is 4.04. The summed E-state index contributed by atoms with van der Waals surface area (Å²) >= 11 is 0. The molecule has 0 aliphatic carbocycles. The maximum atomic E-state index is 12.7. The van der Waals surface area contributed by atoms with Crippen LogP contribution in [0, 0.1) is 0 Å². The second-order valence-electron chi connectivity index (χ2n) is 7.61. The van der Waals surface area contributed by atoms with Gasteiger partial charge >= 0.3 is 0 Å². The molecule has 6 heteroatoms. The van der Waals surface area contributed by atoms with Crippen molar-refractivity contribution in [1.82, 2.24) is 9.80 Å². The Kier molecular flexibility index (Phi) is 6.54. The zero-order valence-electron chi connectivity index (χ0n) is 17.5. The number of nitrogens with zero attached hydrogens (tertiary/aromatic N) is 3. The molecular formula is C24H29N3O3. The largest absolute Gasteiger partial charge is 0.495 e. The second-order valence-corrected chi connectivity index (χ2v) is 7.61. The van der Waals surface area contributed by atoms with Gasteiger partial charge in [-0.2, -0.15) is 0 Å². The maximum Gasteiger partial charge on any atom is 0.261 e. The third kappa shape index (κ3) is 4.60. The van der Waals surface area contributed by atoms with Crippen LogP contribution in [0.4, 0.5) is 5.69 Å². The summed E-state index contributed by atoms with van der Waals surface area (Å²) in [5.74, 6) is 1.56. The average Bonchev–Trinajstić information content (AvgIpc) is 2.96. The standard InChI is InChI=1S/C24H29N3O3/c1-29-23-11-5-3-9-21(23)26-16-14-25(15-17-26)12-6-7-13-27-18-19-30-22-10-4-2-8-20(22)24(27)28/h2-5,8-11,18-19H,6-7,12-17H2,1H3. The quantitative estimate of drug-likeness (QED) is 0.656. The Morgan fingerprint density at radius 3 is 2.50 bits per heavy atom. The first-order valence-corrected chi connectivity index (χ1v) is 10.6. The number of benzene rings is 2. The first-order valence-electron chi connectivity index (χ1n) is 10.6. The highest BCUT2D eigenvalue weighted by atomic mass is 16.5. The molecule has 0 aromatic heterocycles. The van der Waals surface area contributed by atoms with Crippen molar-refractivity contribution in [1.29, 1.82) is 0 Å². The van der Waals surface area contributed by atoms with Gasteiger partial charge in [0.1, 0.15) is 17.8 Å². The molecule has 0 spiro atoms. The summed E-state index contributed by atoms with van der Waals surface area (Å²) in [6, 6.07) is 15.6. The van der Waals surface area contributed by atoms with E-state index in [1.165, 1.54) is 5.69 Å². The molecular weight excluding hydrogens is 378 g/mol. The summed E-state index contributed by atoms with van der Waals surface area (Å²) in [6.45, 7) is 5.85. The van der Waals surface area contributed by atoms with Crippen molar-refractivity contribution >= 4 is 11.6 Å². The Bertz CT molecular complexity index is 891. The van der Waals surface area contributed by atoms with Gasteiger partial charge in [-0.3, -0.25) is 9.69 Å². The molecule has 0 atom stereocenters. The molecule has 0 bridgehead atoms. The van der Waals surface area contributed by atoms with Crippen molar-refractivity contribution in [3.63, 3.8) is 0 Å². The molecule has 1 amide bonds. The molecule has 158 valence electrons. The lowest BCUT2D eigenvalue weighted by Gasteiger charge is -2.36. The van der Waals surface area contributed by atoms with Gasteiger partial charge in [0, 0.05) is 38.9 Å². The van der Waals surface area contributed by atoms with Crippen LogP contribution in [0.1, 0.15) is 23.2 Å². The van der Waals surface area contributed by atoms with E-state index in [9.17, 15) is 4.79 Å². The number of methoxy groups -OCH3 is 1. The minimum Gasteiger partial charge on any atom is -0.495 e. The molecule has 2 aromatic carbocycles. The molecule has 30 heavy (non-hydrogen) atoms. The first-order chi connectivity index (χ1) is 14.8. The predicted molar refractivity (Wildman–Crippen MR) is 118 cm³/mol. The summed E-state index contributed by atoms with van der Waals surface area (Å²) < 4.78 is 11.0. The van der Waals surface area contributed by atoms with E-state index in [0.29, 0.717) is 17.9 Å². The van der Waals surface area contributed by atoms with Crippen LogP contribution in [0.2, 0.25) is 0 Å². The Labute approximate surface area is 178 Å². The van der Waals surface area contributed by atoms with Gasteiger partial charge < -0.3 is 19.3 Å². The first kappa shape index (κ1) is 20.3. The lowest BCUT2D eigenvalue weighted by Crippen LogP contribution is -2.46. The third-order valence-corrected chi connectivity index (χ3v) is 5.74. The fraction of sp³-hybridized carbons (Fsp3) is 0.375. The Morgan fingerprint density at radius 1 is 0.933 bits per heavy atom. The zero-order chi connectivity index (χ0) is 20.8. The van der Waals surface area contributed by atoms with E-state index >= 15 is 0 Å². The summed E-state index contributed by atoms with van der Waals surface area (Å²) in [5.41, 5.74) is 1.79. The number of para-hydroxylation sites is 3. The van der Waals surface area contributed by atoms with Crippen molar-refractivity contribution in [2.45, 2.75) is 12.8 Å². The van der Waals surface area contributed by atoms with Crippen LogP contribution in [0.5, 0.6) is 11.5 Å². The number of ether oxygens (including phenoxy) is 2. The summed E-state index contributed by atoms with van der Waals surface area (Å²) in [7, 11) is 1.73. The van der Waals surface area contributed by atoms with E-state index in [4.69, 9.17) is 9.47 Å². The molecule has 1 saturated heterocycles. The topological polar surface area (TPSA) is 45.2 Å². The van der Waals surface area contributed by atoms with Crippen molar-refractivity contribution < 1.29 is 14.3 Å². The minimum atomic E-state index is 0.00442. The molecule has 4 rings (SSSR count). The van der Waals surface area contributed by atoms with Crippen molar-refractivity contribution in [3.05, 3.63) is 66.6 Å². The lowest BCUT2D eigenvalue weighted by molar-refractivity contribution is 0.0820. The highest BCUT2D eigenvalue weighted by Crippen LogP contribution is 2.28. The number of hydrogen-bond donors (Lipinski definition) is 0. The highest BCUT2D eigenvalue weighted by Gasteiger charge is 2.21. The number of carbonyl (C=O) groups is 1. The molecule has 0 N–H and O–H groups in total. The smallest absolute Gasteiger partial charge is 0.261 e. The van der Waals surface area contributed by atoms with Gasteiger partial charge in [0.15, 0.2) is 0 Å². The van der Waals surface area contributed by atoms with Crippen LogP contribution in [0.25, 0.3) is 0 Å². The number of rotatable bonds is 7. The summed E-state index contributed by atoms with van der Waals surface area (Å²) in [5, 5.41) is 0. The second kappa shape index (κ2) is 9.67. The predicted octanol–water partition coefficient (Wildman–Crippen LogP) is 3.60. The minimum absolute atomic E-state index is 0.00442. The molecule has 0 radical (unpaired) electrons. The molecule has 2 heterocycles. The van der Waals surface area contributed by atoms with Gasteiger partial charge in [-0.1, -0.05) is 24.3 Å². The van der Waals surface area contributed by atoms with Gasteiger partial charge in [-0.25, -0.2) is 0 Å². The fourth-order valence-corrected chi connectivity index (χ4v) is 4.04. The summed E-state index contributed by atoms with van der Waals surface area (Å²) in [4.78, 5) is 19.4. The molecule has 1 fully saturated rings. The Hall–Kier alpha value is -2.99. The molecule has 6 nitrogen and oxygen atoms in total. The number of amides is 1. The van der Waals surface area contributed by atoms with E-state index in [0.717, 1.165) is 51.3 Å². The zero-order valence-corrected chi connectivity index (χ0v) is 17.5. The lowest BCUT2D eigenvalue weighted by atomic mass is 10.1. The highest BCUT2D eigenvalue weighted by molar-refractivity contribution is 5.97. The summed E-state index contributed by atoms with van der Waals surface area (Å²) in [6.07, 6.45) is 5.37. The van der Waals surface area contributed by atoms with Crippen LogP contribution in [0.15, 0.2) is 61.0 Å². The third-order valence-electron chi connectivity index (χ3n) is 5.74. The van der Waals surface area contributed by atoms with E-state index in [1.54, 1.807) is 24.5 Å². The average molecular weight is 408 g/mol. The van der Waals surface area contributed by atoms with Crippen molar-refractivity contribution in [2.75, 3.05) is 51.3 Å². The van der Waals surface area contributed by atoms with Crippen LogP contribution < -0.4 is 14.4 Å². The molecule has 2 aliphatic rings. The van der Waals surface area contributed by atoms with Crippen LogP contribution in [-0.2, 0) is 0 Å². The van der Waals surface area contributed by atoms with Crippen LogP contribution in [-0.4, -0.2) is 62.1 Å². The number of fused-ring (bicyclic) bond motifs is 1. The number of hydrogen-bond acceptors (Lipinski definition) is 5. The molecule has 0 unspecified atom stereocenters. The van der Waals surface area contributed by atoms with Gasteiger partial charge in [0.2, 0.25) is 0 Å². The van der Waals surface area contributed by atoms with Crippen LogP contribution in [0.3, 0.4) is 0 Å². The SMILES string of the molecule is COc1ccccc1N1CCN(CCCCN2C=COc3ccccc3C2=O)CC1. The van der Waals surface area contributed by atoms with Gasteiger partial charge in [0.05, 0.1) is 18.4 Å². The van der Waals surface area contributed by atoms with Crippen molar-refractivity contribution in [3.8, 4) is 11.5 Å². The van der Waals surface area contributed by atoms with E-state index in [1.807, 2.05) is 36.4 Å².